The lowest BCUT2D eigenvalue weighted by atomic mass is 9.81. The van der Waals surface area contributed by atoms with E-state index in [1.54, 1.807) is 7.11 Å². The van der Waals surface area contributed by atoms with Gasteiger partial charge in [-0.25, -0.2) is 0 Å². The summed E-state index contributed by atoms with van der Waals surface area (Å²) in [5.41, 5.74) is 7.14. The van der Waals surface area contributed by atoms with Crippen LogP contribution in [0.2, 0.25) is 0 Å². The first-order chi connectivity index (χ1) is 11.7. The molecule has 4 heteroatoms. The lowest BCUT2D eigenvalue weighted by Gasteiger charge is -2.32. The van der Waals surface area contributed by atoms with E-state index >= 15 is 0 Å². The molecule has 2 atom stereocenters. The number of hydrogen-bond donors (Lipinski definition) is 1. The first-order valence-corrected chi connectivity index (χ1v) is 9.23. The van der Waals surface area contributed by atoms with Crippen molar-refractivity contribution in [3.05, 3.63) is 35.9 Å². The van der Waals surface area contributed by atoms with Crippen molar-refractivity contribution in [3.63, 3.8) is 0 Å². The summed E-state index contributed by atoms with van der Waals surface area (Å²) in [4.78, 5) is 15.4. The van der Waals surface area contributed by atoms with Crippen LogP contribution in [0, 0.1) is 11.3 Å². The van der Waals surface area contributed by atoms with Crippen molar-refractivity contribution in [3.8, 4) is 0 Å². The summed E-state index contributed by atoms with van der Waals surface area (Å²) in [5.74, 6) is 1.06. The van der Waals surface area contributed by atoms with Crippen LogP contribution in [0.25, 0.3) is 0 Å². The summed E-state index contributed by atoms with van der Waals surface area (Å²) in [6.45, 7) is 2.90. The van der Waals surface area contributed by atoms with Gasteiger partial charge in [-0.3, -0.25) is 4.79 Å². The molecular weight excluding hydrogens is 300 g/mol. The summed E-state index contributed by atoms with van der Waals surface area (Å²) in [5, 5.41) is 0. The molecule has 0 spiro atoms. The number of benzene rings is 1. The zero-order valence-corrected chi connectivity index (χ0v) is 14.7. The summed E-state index contributed by atoms with van der Waals surface area (Å²) < 4.78 is 5.28. The van der Waals surface area contributed by atoms with Crippen molar-refractivity contribution >= 4 is 5.91 Å². The maximum Gasteiger partial charge on any atom is 0.228 e. The number of hydrogen-bond acceptors (Lipinski definition) is 3. The van der Waals surface area contributed by atoms with Gasteiger partial charge in [0, 0.05) is 32.7 Å². The predicted molar refractivity (Wildman–Crippen MR) is 95.7 cm³/mol. The van der Waals surface area contributed by atoms with E-state index in [4.69, 9.17) is 10.5 Å². The Hall–Kier alpha value is -1.39. The van der Waals surface area contributed by atoms with Crippen molar-refractivity contribution in [1.82, 2.24) is 4.90 Å². The molecule has 1 aromatic rings. The molecule has 1 aromatic carbocycles. The minimum Gasteiger partial charge on any atom is -0.385 e. The molecule has 2 N–H and O–H groups in total. The molecule has 1 amide bonds. The fourth-order valence-corrected chi connectivity index (χ4v) is 4.61. The molecule has 132 valence electrons. The Balaban J connectivity index is 1.76. The number of rotatable bonds is 6. The van der Waals surface area contributed by atoms with Crippen LogP contribution in [-0.2, 0) is 9.53 Å². The number of methoxy groups -OCH3 is 1. The Morgan fingerprint density at radius 3 is 2.58 bits per heavy atom. The van der Waals surface area contributed by atoms with Gasteiger partial charge in [-0.1, -0.05) is 43.2 Å². The van der Waals surface area contributed by atoms with Crippen LogP contribution in [0.5, 0.6) is 0 Å². The molecule has 0 unspecified atom stereocenters. The summed E-state index contributed by atoms with van der Waals surface area (Å²) in [6, 6.07) is 10.5. The molecule has 0 radical (unpaired) electrons. The number of carbonyl (C=O) groups is 1. The van der Waals surface area contributed by atoms with Gasteiger partial charge in [-0.15, -0.1) is 0 Å². The van der Waals surface area contributed by atoms with E-state index < -0.39 is 0 Å². The maximum absolute atomic E-state index is 13.3. The SMILES string of the molecule is COCCC1(C(=O)N2C[C@@H](CN)[C@H](c3ccccc3)C2)CCCC1. The van der Waals surface area contributed by atoms with E-state index in [9.17, 15) is 4.79 Å². The van der Waals surface area contributed by atoms with Gasteiger partial charge in [0.25, 0.3) is 0 Å². The minimum absolute atomic E-state index is 0.194. The first-order valence-electron chi connectivity index (χ1n) is 9.23. The van der Waals surface area contributed by atoms with E-state index in [1.807, 2.05) is 6.07 Å². The monoisotopic (exact) mass is 330 g/mol. The molecule has 1 saturated heterocycles. The number of likely N-dealkylation sites (tertiary alicyclic amines) is 1. The average molecular weight is 330 g/mol. The third-order valence-electron chi connectivity index (χ3n) is 6.06. The van der Waals surface area contributed by atoms with Gasteiger partial charge < -0.3 is 15.4 Å². The van der Waals surface area contributed by atoms with Gasteiger partial charge >= 0.3 is 0 Å². The molecule has 1 heterocycles. The van der Waals surface area contributed by atoms with Crippen LogP contribution >= 0.6 is 0 Å². The van der Waals surface area contributed by atoms with Crippen LogP contribution in [0.1, 0.15) is 43.6 Å². The second-order valence-electron chi connectivity index (χ2n) is 7.45. The Morgan fingerprint density at radius 2 is 1.96 bits per heavy atom. The molecule has 1 saturated carbocycles. The largest absolute Gasteiger partial charge is 0.385 e. The van der Waals surface area contributed by atoms with Crippen molar-refractivity contribution in [2.45, 2.75) is 38.0 Å². The van der Waals surface area contributed by atoms with Gasteiger partial charge in [0.15, 0.2) is 0 Å². The number of amides is 1. The van der Waals surface area contributed by atoms with Gasteiger partial charge in [-0.2, -0.15) is 0 Å². The minimum atomic E-state index is -0.194. The molecule has 4 nitrogen and oxygen atoms in total. The Kier molecular flexibility index (Phi) is 5.57. The number of nitrogens with zero attached hydrogens (tertiary/aromatic N) is 1. The second-order valence-corrected chi connectivity index (χ2v) is 7.45. The lowest BCUT2D eigenvalue weighted by Crippen LogP contribution is -2.42. The molecular formula is C20H30N2O2. The van der Waals surface area contributed by atoms with Gasteiger partial charge in [0.1, 0.15) is 0 Å². The van der Waals surface area contributed by atoms with Crippen molar-refractivity contribution in [2.24, 2.45) is 17.1 Å². The molecule has 0 aromatic heterocycles. The molecule has 2 fully saturated rings. The third kappa shape index (κ3) is 3.35. The van der Waals surface area contributed by atoms with E-state index in [0.717, 1.165) is 45.2 Å². The lowest BCUT2D eigenvalue weighted by molar-refractivity contribution is -0.142. The van der Waals surface area contributed by atoms with E-state index in [2.05, 4.69) is 29.2 Å². The molecule has 0 bridgehead atoms. The van der Waals surface area contributed by atoms with Crippen LogP contribution in [-0.4, -0.2) is 44.2 Å². The molecule has 1 aliphatic carbocycles. The number of ether oxygens (including phenoxy) is 1. The van der Waals surface area contributed by atoms with Crippen LogP contribution < -0.4 is 5.73 Å². The summed E-state index contributed by atoms with van der Waals surface area (Å²) >= 11 is 0. The van der Waals surface area contributed by atoms with E-state index in [0.29, 0.717) is 30.9 Å². The molecule has 1 aliphatic heterocycles. The van der Waals surface area contributed by atoms with Gasteiger partial charge in [0.05, 0.1) is 5.41 Å². The zero-order chi connectivity index (χ0) is 17.0. The van der Waals surface area contributed by atoms with Crippen LogP contribution in [0.15, 0.2) is 30.3 Å². The third-order valence-corrected chi connectivity index (χ3v) is 6.06. The van der Waals surface area contributed by atoms with Crippen LogP contribution in [0.3, 0.4) is 0 Å². The highest BCUT2D eigenvalue weighted by Crippen LogP contribution is 2.44. The van der Waals surface area contributed by atoms with Gasteiger partial charge in [0.2, 0.25) is 5.91 Å². The predicted octanol–water partition coefficient (Wildman–Crippen LogP) is 2.78. The zero-order valence-electron chi connectivity index (χ0n) is 14.7. The molecule has 2 aliphatic rings. The second kappa shape index (κ2) is 7.66. The summed E-state index contributed by atoms with van der Waals surface area (Å²) in [7, 11) is 1.72. The highest BCUT2D eigenvalue weighted by molar-refractivity contribution is 5.83. The normalized spacial score (nSPS) is 26.0. The first kappa shape index (κ1) is 17.4. The highest BCUT2D eigenvalue weighted by Gasteiger charge is 2.46. The molecule has 24 heavy (non-hydrogen) atoms. The molecule has 3 rings (SSSR count). The topological polar surface area (TPSA) is 55.6 Å². The van der Waals surface area contributed by atoms with E-state index in [-0.39, 0.29) is 5.41 Å². The Bertz CT molecular complexity index is 540. The highest BCUT2D eigenvalue weighted by atomic mass is 16.5. The smallest absolute Gasteiger partial charge is 0.228 e. The van der Waals surface area contributed by atoms with E-state index in [1.165, 1.54) is 5.56 Å². The fraction of sp³-hybridized carbons (Fsp3) is 0.650. The average Bonchev–Trinajstić information content (AvgIpc) is 3.28. The maximum atomic E-state index is 13.3. The fourth-order valence-electron chi connectivity index (χ4n) is 4.61. The van der Waals surface area contributed by atoms with Crippen molar-refractivity contribution in [2.75, 3.05) is 33.4 Å². The Labute approximate surface area is 145 Å². The van der Waals surface area contributed by atoms with Gasteiger partial charge in [-0.05, 0) is 37.3 Å². The quantitative estimate of drug-likeness (QED) is 0.872. The number of nitrogens with two attached hydrogens (primary N) is 1. The van der Waals surface area contributed by atoms with Crippen molar-refractivity contribution < 1.29 is 9.53 Å². The Morgan fingerprint density at radius 1 is 1.25 bits per heavy atom. The number of carbonyl (C=O) groups excluding carboxylic acids is 1. The van der Waals surface area contributed by atoms with Crippen LogP contribution in [0.4, 0.5) is 0 Å². The van der Waals surface area contributed by atoms with Crippen molar-refractivity contribution in [1.29, 1.82) is 0 Å². The standard InChI is InChI=1S/C20H30N2O2/c1-24-12-11-20(9-5-6-10-20)19(23)22-14-17(13-21)18(15-22)16-7-3-2-4-8-16/h2-4,7-8,17-18H,5-6,9-15,21H2,1H3/t17-,18+/m1/s1. The summed E-state index contributed by atoms with van der Waals surface area (Å²) in [6.07, 6.45) is 5.18.